The molecular formula is C18H24N6O3. The van der Waals surface area contributed by atoms with Crippen molar-refractivity contribution >= 4 is 33.8 Å². The zero-order valence-corrected chi connectivity index (χ0v) is 15.3. The largest absolute Gasteiger partial charge is 0.384 e. The molecule has 0 unspecified atom stereocenters. The van der Waals surface area contributed by atoms with Gasteiger partial charge in [0.15, 0.2) is 5.82 Å². The van der Waals surface area contributed by atoms with Crippen molar-refractivity contribution in [1.29, 1.82) is 0 Å². The van der Waals surface area contributed by atoms with Crippen LogP contribution in [0.4, 0.5) is 10.6 Å². The summed E-state index contributed by atoms with van der Waals surface area (Å²) in [4.78, 5) is 19.8. The number of rotatable bonds is 9. The lowest BCUT2D eigenvalue weighted by atomic mass is 10.2. The van der Waals surface area contributed by atoms with Gasteiger partial charge in [0.05, 0.1) is 30.9 Å². The number of ether oxygens (including phenoxy) is 2. The Morgan fingerprint density at radius 2 is 2.04 bits per heavy atom. The molecule has 9 heteroatoms. The van der Waals surface area contributed by atoms with Crippen molar-refractivity contribution in [1.82, 2.24) is 19.9 Å². The number of amides is 2. The Hall–Kier alpha value is -2.91. The number of fused-ring (bicyclic) bond motifs is 3. The molecule has 0 saturated carbocycles. The second-order valence-corrected chi connectivity index (χ2v) is 6.04. The third-order valence-corrected chi connectivity index (χ3v) is 4.22. The quantitative estimate of drug-likeness (QED) is 0.481. The second kappa shape index (κ2) is 8.65. The van der Waals surface area contributed by atoms with Crippen LogP contribution in [-0.4, -0.2) is 54.0 Å². The minimum atomic E-state index is -0.560. The lowest BCUT2D eigenvalue weighted by molar-refractivity contribution is 0.128. The van der Waals surface area contributed by atoms with Crippen LogP contribution in [-0.2, 0) is 22.4 Å². The first-order valence-corrected chi connectivity index (χ1v) is 8.75. The number of primary amides is 1. The fourth-order valence-corrected chi connectivity index (χ4v) is 3.03. The summed E-state index contributed by atoms with van der Waals surface area (Å²) in [5, 5.41) is 3.49. The monoisotopic (exact) mass is 372 g/mol. The van der Waals surface area contributed by atoms with Gasteiger partial charge in [-0.1, -0.05) is 18.2 Å². The van der Waals surface area contributed by atoms with Crippen molar-refractivity contribution in [2.24, 2.45) is 5.73 Å². The van der Waals surface area contributed by atoms with E-state index < -0.39 is 6.03 Å². The van der Waals surface area contributed by atoms with Crippen LogP contribution < -0.4 is 16.8 Å². The fourth-order valence-electron chi connectivity index (χ4n) is 3.03. The number of carbonyl (C=O) groups excluding carboxylic acids is 1. The molecule has 0 aliphatic carbocycles. The maximum atomic E-state index is 10.7. The molecule has 0 bridgehead atoms. The van der Waals surface area contributed by atoms with Gasteiger partial charge in [-0.05, 0) is 6.07 Å². The molecule has 0 radical (unpaired) electrons. The zero-order chi connectivity index (χ0) is 19.2. The van der Waals surface area contributed by atoms with Gasteiger partial charge in [-0.15, -0.1) is 0 Å². The number of hydrogen-bond acceptors (Lipinski definition) is 6. The van der Waals surface area contributed by atoms with Crippen LogP contribution in [0.1, 0.15) is 5.82 Å². The minimum Gasteiger partial charge on any atom is -0.384 e. The highest BCUT2D eigenvalue weighted by molar-refractivity contribution is 6.06. The maximum absolute atomic E-state index is 10.7. The van der Waals surface area contributed by atoms with Crippen LogP contribution in [0.25, 0.3) is 21.9 Å². The average Bonchev–Trinajstić information content (AvgIpc) is 3.02. The first-order valence-electron chi connectivity index (χ1n) is 8.75. The summed E-state index contributed by atoms with van der Waals surface area (Å²) in [7, 11) is 1.66. The van der Waals surface area contributed by atoms with Crippen LogP contribution in [0.3, 0.4) is 0 Å². The van der Waals surface area contributed by atoms with E-state index in [4.69, 9.17) is 25.9 Å². The van der Waals surface area contributed by atoms with E-state index in [-0.39, 0.29) is 0 Å². The van der Waals surface area contributed by atoms with Crippen LogP contribution in [0.2, 0.25) is 0 Å². The van der Waals surface area contributed by atoms with E-state index in [1.165, 1.54) is 0 Å². The molecule has 27 heavy (non-hydrogen) atoms. The van der Waals surface area contributed by atoms with Crippen LogP contribution in [0.5, 0.6) is 0 Å². The maximum Gasteiger partial charge on any atom is 0.312 e. The Morgan fingerprint density at radius 1 is 1.22 bits per heavy atom. The molecule has 3 rings (SSSR count). The van der Waals surface area contributed by atoms with Crippen molar-refractivity contribution < 1.29 is 14.3 Å². The van der Waals surface area contributed by atoms with E-state index in [2.05, 4.69) is 14.9 Å². The average molecular weight is 372 g/mol. The van der Waals surface area contributed by atoms with Gasteiger partial charge in [0.1, 0.15) is 11.3 Å². The molecule has 2 aromatic heterocycles. The lowest BCUT2D eigenvalue weighted by Crippen LogP contribution is -2.32. The number of hydrogen-bond donors (Lipinski definition) is 3. The van der Waals surface area contributed by atoms with Gasteiger partial charge < -0.3 is 30.8 Å². The molecule has 0 aliphatic rings. The van der Waals surface area contributed by atoms with E-state index in [9.17, 15) is 4.79 Å². The molecule has 2 amide bonds. The number of nitrogen functional groups attached to an aromatic ring is 1. The Labute approximate surface area is 156 Å². The number of aromatic nitrogens is 3. The second-order valence-electron chi connectivity index (χ2n) is 6.04. The van der Waals surface area contributed by atoms with Gasteiger partial charge in [0, 0.05) is 32.0 Å². The van der Waals surface area contributed by atoms with E-state index in [1.807, 2.05) is 24.3 Å². The number of nitrogens with two attached hydrogens (primary N) is 2. The summed E-state index contributed by atoms with van der Waals surface area (Å²) in [5.41, 5.74) is 13.7. The van der Waals surface area contributed by atoms with E-state index in [0.29, 0.717) is 50.7 Å². The smallest absolute Gasteiger partial charge is 0.312 e. The van der Waals surface area contributed by atoms with Crippen molar-refractivity contribution in [3.8, 4) is 0 Å². The molecule has 0 saturated heterocycles. The first-order chi connectivity index (χ1) is 13.1. The number of benzene rings is 1. The third kappa shape index (κ3) is 4.26. The molecule has 3 aromatic rings. The van der Waals surface area contributed by atoms with Gasteiger partial charge >= 0.3 is 6.03 Å². The minimum absolute atomic E-state index is 0.371. The molecule has 0 aliphatic heterocycles. The predicted octanol–water partition coefficient (Wildman–Crippen LogP) is 1.04. The molecular weight excluding hydrogens is 348 g/mol. The summed E-state index contributed by atoms with van der Waals surface area (Å²) < 4.78 is 12.9. The van der Waals surface area contributed by atoms with Crippen molar-refractivity contribution in [2.45, 2.75) is 13.0 Å². The number of urea groups is 1. The highest BCUT2D eigenvalue weighted by Gasteiger charge is 2.17. The van der Waals surface area contributed by atoms with Crippen molar-refractivity contribution in [3.05, 3.63) is 30.1 Å². The number of imidazole rings is 1. The molecule has 0 fully saturated rings. The highest BCUT2D eigenvalue weighted by atomic mass is 16.5. The topological polar surface area (TPSA) is 130 Å². The highest BCUT2D eigenvalue weighted by Crippen LogP contribution is 2.28. The Kier molecular flexibility index (Phi) is 6.05. The SMILES string of the molecule is COCCc1nc2c(N)nc3ccccc3c2n1CCOCCNC(N)=O. The number of nitrogens with zero attached hydrogens (tertiary/aromatic N) is 3. The van der Waals surface area contributed by atoms with E-state index >= 15 is 0 Å². The normalized spacial score (nSPS) is 11.3. The summed E-state index contributed by atoms with van der Waals surface area (Å²) in [6.07, 6.45) is 0.655. The fraction of sp³-hybridized carbons (Fsp3) is 0.389. The molecule has 5 N–H and O–H groups in total. The Morgan fingerprint density at radius 3 is 2.81 bits per heavy atom. The van der Waals surface area contributed by atoms with E-state index in [0.717, 1.165) is 22.2 Å². The number of carbonyl (C=O) groups is 1. The van der Waals surface area contributed by atoms with Gasteiger partial charge in [-0.25, -0.2) is 14.8 Å². The standard InChI is InChI=1S/C18H24N6O3/c1-26-9-6-14-23-15-16(12-4-2-3-5-13(12)22-17(15)19)24(14)8-11-27-10-7-21-18(20)25/h2-5H,6-11H2,1H3,(H2,19,22)(H3,20,21,25). The first kappa shape index (κ1) is 18.9. The van der Waals surface area contributed by atoms with E-state index in [1.54, 1.807) is 7.11 Å². The van der Waals surface area contributed by atoms with Gasteiger partial charge in [-0.3, -0.25) is 0 Å². The third-order valence-electron chi connectivity index (χ3n) is 4.22. The lowest BCUT2D eigenvalue weighted by Gasteiger charge is -2.11. The number of anilines is 1. The molecule has 2 heterocycles. The van der Waals surface area contributed by atoms with Gasteiger partial charge in [-0.2, -0.15) is 0 Å². The zero-order valence-electron chi connectivity index (χ0n) is 15.3. The van der Waals surface area contributed by atoms with Crippen LogP contribution in [0, 0.1) is 0 Å². The summed E-state index contributed by atoms with van der Waals surface area (Å²) in [5.74, 6) is 1.28. The van der Waals surface area contributed by atoms with Crippen LogP contribution >= 0.6 is 0 Å². The summed E-state index contributed by atoms with van der Waals surface area (Å²) in [6, 6.07) is 7.29. The molecule has 1 aromatic carbocycles. The van der Waals surface area contributed by atoms with Crippen molar-refractivity contribution in [2.75, 3.05) is 39.2 Å². The number of pyridine rings is 1. The summed E-state index contributed by atoms with van der Waals surface area (Å²) in [6.45, 7) is 2.36. The Balaban J connectivity index is 1.89. The van der Waals surface area contributed by atoms with Gasteiger partial charge in [0.2, 0.25) is 0 Å². The van der Waals surface area contributed by atoms with Gasteiger partial charge in [0.25, 0.3) is 0 Å². The van der Waals surface area contributed by atoms with Crippen molar-refractivity contribution in [3.63, 3.8) is 0 Å². The molecule has 9 nitrogen and oxygen atoms in total. The van der Waals surface area contributed by atoms with Crippen LogP contribution in [0.15, 0.2) is 24.3 Å². The molecule has 144 valence electrons. The summed E-state index contributed by atoms with van der Waals surface area (Å²) >= 11 is 0. The molecule has 0 atom stereocenters. The molecule has 0 spiro atoms. The number of para-hydroxylation sites is 1. The Bertz CT molecular complexity index is 940. The number of methoxy groups -OCH3 is 1. The number of nitrogens with one attached hydrogen (secondary N) is 1. The predicted molar refractivity (Wildman–Crippen MR) is 103 cm³/mol.